The van der Waals surface area contributed by atoms with E-state index in [1.54, 1.807) is 24.3 Å². The van der Waals surface area contributed by atoms with Gasteiger partial charge in [-0.1, -0.05) is 47.5 Å². The minimum absolute atomic E-state index is 0.0666. The average molecular weight is 649 g/mol. The molecule has 10 nitrogen and oxygen atoms in total. The second-order valence-corrected chi connectivity index (χ2v) is 14.3. The number of aromatic nitrogens is 2. The lowest BCUT2D eigenvalue weighted by Crippen LogP contribution is -2.55. The van der Waals surface area contributed by atoms with Gasteiger partial charge in [0, 0.05) is 55.1 Å². The van der Waals surface area contributed by atoms with Gasteiger partial charge in [-0.25, -0.2) is 0 Å². The molecule has 12 heteroatoms. The third kappa shape index (κ3) is 7.96. The molecule has 3 aromatic carbocycles. The van der Waals surface area contributed by atoms with Crippen molar-refractivity contribution in [1.82, 2.24) is 14.9 Å². The Morgan fingerprint density at radius 1 is 0.733 bits per heavy atom. The van der Waals surface area contributed by atoms with Crippen LogP contribution in [0, 0.1) is 19.8 Å². The van der Waals surface area contributed by atoms with Crippen LogP contribution in [0.2, 0.25) is 0 Å². The summed E-state index contributed by atoms with van der Waals surface area (Å²) >= 11 is 0. The van der Waals surface area contributed by atoms with Gasteiger partial charge in [-0.15, -0.1) is 0 Å². The Hall–Kier alpha value is -4.07. The van der Waals surface area contributed by atoms with Crippen molar-refractivity contribution in [3.63, 3.8) is 0 Å². The monoisotopic (exact) mass is 648 g/mol. The zero-order valence-electron chi connectivity index (χ0n) is 25.2. The van der Waals surface area contributed by atoms with E-state index in [1.807, 2.05) is 32.4 Å². The summed E-state index contributed by atoms with van der Waals surface area (Å²) in [5, 5.41) is 1.25. The number of likely N-dealkylation sites (tertiary alicyclic amines) is 1. The molecule has 5 aromatic rings. The van der Waals surface area contributed by atoms with Gasteiger partial charge >= 0.3 is 0 Å². The Morgan fingerprint density at radius 2 is 1.33 bits per heavy atom. The number of aromatic amines is 1. The van der Waals surface area contributed by atoms with E-state index in [9.17, 15) is 16.8 Å². The highest BCUT2D eigenvalue weighted by Gasteiger charge is 2.44. The number of likely N-dealkylation sites (N-methyl/N-ethyl adjacent to an activating group) is 1. The van der Waals surface area contributed by atoms with Crippen LogP contribution in [0.15, 0.2) is 107 Å². The lowest BCUT2D eigenvalue weighted by atomic mass is 9.91. The number of hydrogen-bond acceptors (Lipinski definition) is 7. The second-order valence-electron chi connectivity index (χ2n) is 11.5. The van der Waals surface area contributed by atoms with Crippen molar-refractivity contribution >= 4 is 36.8 Å². The molecule has 0 aliphatic carbocycles. The summed E-state index contributed by atoms with van der Waals surface area (Å²) in [5.74, 6) is 0.832. The molecular weight excluding hydrogens is 613 g/mol. The van der Waals surface area contributed by atoms with Gasteiger partial charge < -0.3 is 14.8 Å². The third-order valence-corrected chi connectivity index (χ3v) is 9.74. The standard InChI is InChI=1S/C19H20N4.2C7H8O3S/c1-22-10-16-11-23(19(16)12-22)17-6-15(8-20-9-17)14-3-2-13-4-5-21-18(13)7-14;2*1-6-2-4-7(5-3-6)11(8,9)10/h2-9,16,19,21H,10-12H2,1H3;2*2-5H,1H3,(H,8,9,10)/t16-,19-;;/m1../s1. The summed E-state index contributed by atoms with van der Waals surface area (Å²) in [6.07, 6.45) is 5.96. The van der Waals surface area contributed by atoms with Crippen LogP contribution >= 0.6 is 0 Å². The number of rotatable bonds is 4. The number of hydrogen-bond donors (Lipinski definition) is 3. The molecule has 2 aliphatic heterocycles. The Balaban J connectivity index is 0.000000153. The van der Waals surface area contributed by atoms with E-state index in [-0.39, 0.29) is 9.79 Å². The first kappa shape index (κ1) is 32.3. The highest BCUT2D eigenvalue weighted by atomic mass is 32.2. The van der Waals surface area contributed by atoms with E-state index < -0.39 is 20.2 Å². The molecule has 2 atom stereocenters. The molecule has 236 valence electrons. The van der Waals surface area contributed by atoms with E-state index in [2.05, 4.69) is 57.1 Å². The number of H-pyrrole nitrogens is 1. The molecule has 0 saturated carbocycles. The number of aryl methyl sites for hydroxylation is 2. The first-order chi connectivity index (χ1) is 21.3. The van der Waals surface area contributed by atoms with Gasteiger partial charge in [0.1, 0.15) is 0 Å². The summed E-state index contributed by atoms with van der Waals surface area (Å²) in [4.78, 5) is 12.6. The fourth-order valence-corrected chi connectivity index (χ4v) is 6.49. The lowest BCUT2D eigenvalue weighted by molar-refractivity contribution is 0.361. The van der Waals surface area contributed by atoms with Gasteiger partial charge in [-0.05, 0) is 74.3 Å². The number of pyridine rings is 1. The van der Waals surface area contributed by atoms with E-state index in [4.69, 9.17) is 9.11 Å². The third-order valence-electron chi connectivity index (χ3n) is 8.00. The Morgan fingerprint density at radius 3 is 1.89 bits per heavy atom. The van der Waals surface area contributed by atoms with Crippen molar-refractivity contribution in [2.45, 2.75) is 29.7 Å². The number of anilines is 1. The maximum Gasteiger partial charge on any atom is 0.294 e. The topological polar surface area (TPSA) is 144 Å². The van der Waals surface area contributed by atoms with Crippen LogP contribution in [0.25, 0.3) is 22.0 Å². The molecule has 0 spiro atoms. The molecule has 4 heterocycles. The Bertz CT molecular complexity index is 1920. The number of nitrogens with zero attached hydrogens (tertiary/aromatic N) is 3. The van der Waals surface area contributed by atoms with E-state index in [0.717, 1.165) is 23.6 Å². The molecule has 2 fully saturated rings. The molecule has 0 bridgehead atoms. The van der Waals surface area contributed by atoms with Crippen LogP contribution in [0.5, 0.6) is 0 Å². The molecule has 0 unspecified atom stereocenters. The van der Waals surface area contributed by atoms with Crippen molar-refractivity contribution in [1.29, 1.82) is 0 Å². The SMILES string of the molecule is CN1C[C@@H]2CN(c3cncc(-c4ccc5cc[nH]c5c4)c3)[C@@H]2C1.Cc1ccc(S(=O)(=O)O)cc1.Cc1ccc(S(=O)(=O)O)cc1. The second kappa shape index (κ2) is 13.1. The zero-order valence-corrected chi connectivity index (χ0v) is 26.8. The van der Waals surface area contributed by atoms with Gasteiger partial charge in [-0.3, -0.25) is 14.1 Å². The first-order valence-electron chi connectivity index (χ1n) is 14.3. The highest BCUT2D eigenvalue weighted by Crippen LogP contribution is 2.37. The summed E-state index contributed by atoms with van der Waals surface area (Å²) in [5.41, 5.74) is 6.75. The summed E-state index contributed by atoms with van der Waals surface area (Å²) in [6, 6.07) is 23.6. The predicted octanol–water partition coefficient (Wildman–Crippen LogP) is 5.46. The minimum atomic E-state index is -4.02. The van der Waals surface area contributed by atoms with Crippen molar-refractivity contribution in [2.24, 2.45) is 5.92 Å². The molecule has 3 N–H and O–H groups in total. The quantitative estimate of drug-likeness (QED) is 0.216. The maximum absolute atomic E-state index is 10.5. The van der Waals surface area contributed by atoms with Crippen LogP contribution in [-0.4, -0.2) is 73.5 Å². The maximum atomic E-state index is 10.5. The van der Waals surface area contributed by atoms with Gasteiger partial charge in [0.2, 0.25) is 0 Å². The molecule has 0 radical (unpaired) electrons. The fourth-order valence-electron chi connectivity index (χ4n) is 5.53. The van der Waals surface area contributed by atoms with Crippen LogP contribution < -0.4 is 4.90 Å². The molecule has 2 aromatic heterocycles. The van der Waals surface area contributed by atoms with Crippen LogP contribution in [0.3, 0.4) is 0 Å². The van der Waals surface area contributed by atoms with E-state index in [1.165, 1.54) is 65.1 Å². The molecule has 7 rings (SSSR count). The smallest absolute Gasteiger partial charge is 0.294 e. The highest BCUT2D eigenvalue weighted by molar-refractivity contribution is 7.86. The fraction of sp³-hybridized carbons (Fsp3) is 0.242. The van der Waals surface area contributed by atoms with Crippen LogP contribution in [-0.2, 0) is 20.2 Å². The molecule has 2 saturated heterocycles. The van der Waals surface area contributed by atoms with Gasteiger partial charge in [0.25, 0.3) is 20.2 Å². The van der Waals surface area contributed by atoms with Crippen LogP contribution in [0.1, 0.15) is 11.1 Å². The normalized spacial score (nSPS) is 17.8. The lowest BCUT2D eigenvalue weighted by Gasteiger charge is -2.45. The minimum Gasteiger partial charge on any atom is -0.365 e. The molecule has 2 aliphatic rings. The Labute approximate surface area is 263 Å². The summed E-state index contributed by atoms with van der Waals surface area (Å²) in [7, 11) is -5.82. The Kier molecular flexibility index (Phi) is 9.42. The predicted molar refractivity (Wildman–Crippen MR) is 176 cm³/mol. The van der Waals surface area contributed by atoms with Gasteiger partial charge in [0.05, 0.1) is 21.7 Å². The largest absolute Gasteiger partial charge is 0.365 e. The van der Waals surface area contributed by atoms with Crippen molar-refractivity contribution < 1.29 is 25.9 Å². The van der Waals surface area contributed by atoms with Crippen LogP contribution in [0.4, 0.5) is 5.69 Å². The summed E-state index contributed by atoms with van der Waals surface area (Å²) < 4.78 is 59.1. The molecule has 45 heavy (non-hydrogen) atoms. The van der Waals surface area contributed by atoms with Crippen molar-refractivity contribution in [2.75, 3.05) is 31.6 Å². The first-order valence-corrected chi connectivity index (χ1v) is 17.2. The summed E-state index contributed by atoms with van der Waals surface area (Å²) in [6.45, 7) is 7.25. The van der Waals surface area contributed by atoms with Gasteiger partial charge in [-0.2, -0.15) is 16.8 Å². The zero-order chi connectivity index (χ0) is 32.4. The number of fused-ring (bicyclic) bond motifs is 2. The average Bonchev–Trinajstić information content (AvgIpc) is 3.57. The van der Waals surface area contributed by atoms with Crippen molar-refractivity contribution in [3.8, 4) is 11.1 Å². The number of nitrogens with one attached hydrogen (secondary N) is 1. The van der Waals surface area contributed by atoms with E-state index >= 15 is 0 Å². The molecular formula is C33H36N4O6S2. The number of benzene rings is 3. The van der Waals surface area contributed by atoms with Gasteiger partial charge in [0.15, 0.2) is 0 Å². The van der Waals surface area contributed by atoms with Crippen molar-refractivity contribution in [3.05, 3.63) is 109 Å². The van der Waals surface area contributed by atoms with E-state index in [0.29, 0.717) is 6.04 Å². The molecule has 0 amide bonds.